The van der Waals surface area contributed by atoms with Crippen molar-refractivity contribution in [1.82, 2.24) is 19.1 Å². The van der Waals surface area contributed by atoms with Crippen molar-refractivity contribution in [3.63, 3.8) is 0 Å². The fraction of sp³-hybridized carbons (Fsp3) is 0. The molecule has 4 heterocycles. The number of hydrogen-bond acceptors (Lipinski definition) is 3. The standard InChI is InChI=1S/C56H34N4O/c1-3-14-35(15-4-1)36-26-28-39(29-27-36)59-48-24-11-8-20-41(48)43-30-31-46-51-49(33-32-44-42-21-9-12-25-50(42)61-55(44)51)60(54(46)53(43)59)40-19-13-18-38(34-40)56-57-47-23-10-7-22-45(47)52(58-56)37-16-5-2-6-17-37/h1-34H. The van der Waals surface area contributed by atoms with E-state index in [0.29, 0.717) is 5.82 Å². The van der Waals surface area contributed by atoms with Gasteiger partial charge in [-0.05, 0) is 65.7 Å². The van der Waals surface area contributed by atoms with E-state index in [1.165, 1.54) is 21.9 Å². The predicted octanol–water partition coefficient (Wildman–Crippen LogP) is 14.7. The molecule has 13 rings (SSSR count). The van der Waals surface area contributed by atoms with Crippen molar-refractivity contribution in [2.75, 3.05) is 0 Å². The Morgan fingerprint density at radius 1 is 0.361 bits per heavy atom. The van der Waals surface area contributed by atoms with E-state index in [-0.39, 0.29) is 0 Å². The molecule has 0 saturated carbocycles. The molecule has 0 amide bonds. The molecule has 284 valence electrons. The van der Waals surface area contributed by atoms with Gasteiger partial charge in [0.05, 0.1) is 38.7 Å². The van der Waals surface area contributed by atoms with Gasteiger partial charge in [-0.25, -0.2) is 9.97 Å². The quantitative estimate of drug-likeness (QED) is 0.175. The average Bonchev–Trinajstić information content (AvgIpc) is 4.00. The van der Waals surface area contributed by atoms with E-state index >= 15 is 0 Å². The average molecular weight is 779 g/mol. The molecule has 0 bridgehead atoms. The SMILES string of the molecule is c1ccc(-c2ccc(-n3c4ccccc4c4ccc5c6c7oc8ccccc8c7ccc6n(-c6cccc(-c7nc(-c8ccccc8)c8ccccc8n7)c6)c5c43)cc2)cc1. The van der Waals surface area contributed by atoms with E-state index in [4.69, 9.17) is 14.4 Å². The smallest absolute Gasteiger partial charge is 0.160 e. The Balaban J connectivity index is 1.13. The van der Waals surface area contributed by atoms with Crippen LogP contribution in [0.3, 0.4) is 0 Å². The first-order valence-corrected chi connectivity index (χ1v) is 20.7. The van der Waals surface area contributed by atoms with E-state index < -0.39 is 0 Å². The van der Waals surface area contributed by atoms with E-state index in [1.807, 2.05) is 18.2 Å². The highest BCUT2D eigenvalue weighted by Gasteiger charge is 2.24. The maximum atomic E-state index is 6.81. The highest BCUT2D eigenvalue weighted by Crippen LogP contribution is 2.45. The van der Waals surface area contributed by atoms with Gasteiger partial charge in [-0.1, -0.05) is 152 Å². The van der Waals surface area contributed by atoms with Crippen LogP contribution in [0.25, 0.3) is 122 Å². The summed E-state index contributed by atoms with van der Waals surface area (Å²) in [6.07, 6.45) is 0. The Labute approximate surface area is 350 Å². The first-order chi connectivity index (χ1) is 30.3. The number of nitrogens with zero attached hydrogens (tertiary/aromatic N) is 4. The Bertz CT molecular complexity index is 3860. The van der Waals surface area contributed by atoms with Crippen LogP contribution in [0.5, 0.6) is 0 Å². The number of aromatic nitrogens is 4. The molecule has 0 atom stereocenters. The van der Waals surface area contributed by atoms with Crippen LogP contribution in [-0.2, 0) is 0 Å². The molecule has 0 N–H and O–H groups in total. The van der Waals surface area contributed by atoms with Gasteiger partial charge >= 0.3 is 0 Å². The molecular weight excluding hydrogens is 745 g/mol. The van der Waals surface area contributed by atoms with Crippen molar-refractivity contribution in [3.05, 3.63) is 206 Å². The lowest BCUT2D eigenvalue weighted by Gasteiger charge is -2.14. The summed E-state index contributed by atoms with van der Waals surface area (Å²) < 4.78 is 11.7. The molecule has 0 aliphatic heterocycles. The minimum atomic E-state index is 0.678. The second kappa shape index (κ2) is 13.1. The van der Waals surface area contributed by atoms with Crippen molar-refractivity contribution in [2.24, 2.45) is 0 Å². The number of fused-ring (bicyclic) bond motifs is 12. The molecule has 0 aliphatic rings. The lowest BCUT2D eigenvalue weighted by atomic mass is 10.1. The van der Waals surface area contributed by atoms with E-state index in [2.05, 4.69) is 197 Å². The summed E-state index contributed by atoms with van der Waals surface area (Å²) in [6, 6.07) is 73.0. The van der Waals surface area contributed by atoms with Crippen LogP contribution < -0.4 is 0 Å². The molecular formula is C56H34N4O. The van der Waals surface area contributed by atoms with Crippen molar-refractivity contribution >= 4 is 76.5 Å². The first kappa shape index (κ1) is 33.7. The minimum Gasteiger partial charge on any atom is -0.455 e. The monoisotopic (exact) mass is 778 g/mol. The predicted molar refractivity (Wildman–Crippen MR) is 252 cm³/mol. The first-order valence-electron chi connectivity index (χ1n) is 20.7. The summed E-state index contributed by atoms with van der Waals surface area (Å²) in [4.78, 5) is 10.4. The molecule has 0 aliphatic carbocycles. The molecule has 9 aromatic carbocycles. The van der Waals surface area contributed by atoms with Gasteiger partial charge in [0.25, 0.3) is 0 Å². The Kier molecular flexibility index (Phi) is 7.24. The largest absolute Gasteiger partial charge is 0.455 e. The fourth-order valence-electron chi connectivity index (χ4n) is 9.59. The molecule has 4 aromatic heterocycles. The summed E-state index contributed by atoms with van der Waals surface area (Å²) in [5.41, 5.74) is 14.5. The van der Waals surface area contributed by atoms with Gasteiger partial charge in [0.1, 0.15) is 11.2 Å². The molecule has 13 aromatic rings. The number of para-hydroxylation sites is 3. The van der Waals surface area contributed by atoms with Gasteiger partial charge in [-0.15, -0.1) is 0 Å². The van der Waals surface area contributed by atoms with Crippen molar-refractivity contribution < 1.29 is 4.42 Å². The Hall–Kier alpha value is -8.28. The van der Waals surface area contributed by atoms with Gasteiger partial charge in [0.2, 0.25) is 0 Å². The molecule has 0 unspecified atom stereocenters. The van der Waals surface area contributed by atoms with Gasteiger partial charge in [-0.3, -0.25) is 0 Å². The van der Waals surface area contributed by atoms with Gasteiger partial charge in [-0.2, -0.15) is 0 Å². The van der Waals surface area contributed by atoms with Crippen LogP contribution in [0.15, 0.2) is 211 Å². The summed E-state index contributed by atoms with van der Waals surface area (Å²) in [7, 11) is 0. The number of hydrogen-bond donors (Lipinski definition) is 0. The fourth-order valence-corrected chi connectivity index (χ4v) is 9.59. The molecule has 0 saturated heterocycles. The molecule has 0 radical (unpaired) electrons. The zero-order valence-corrected chi connectivity index (χ0v) is 32.8. The summed E-state index contributed by atoms with van der Waals surface area (Å²) in [5.74, 6) is 0.678. The third-order valence-electron chi connectivity index (χ3n) is 12.3. The maximum absolute atomic E-state index is 6.81. The van der Waals surface area contributed by atoms with Crippen LogP contribution in [0.4, 0.5) is 0 Å². The van der Waals surface area contributed by atoms with Gasteiger partial charge < -0.3 is 13.6 Å². The Morgan fingerprint density at radius 2 is 0.984 bits per heavy atom. The van der Waals surface area contributed by atoms with Crippen molar-refractivity contribution in [3.8, 4) is 45.1 Å². The van der Waals surface area contributed by atoms with E-state index in [0.717, 1.165) is 93.9 Å². The van der Waals surface area contributed by atoms with Crippen LogP contribution in [0, 0.1) is 0 Å². The highest BCUT2D eigenvalue weighted by molar-refractivity contribution is 6.29. The second-order valence-corrected chi connectivity index (χ2v) is 15.7. The maximum Gasteiger partial charge on any atom is 0.160 e. The van der Waals surface area contributed by atoms with Crippen LogP contribution >= 0.6 is 0 Å². The molecule has 0 spiro atoms. The highest BCUT2D eigenvalue weighted by atomic mass is 16.3. The second-order valence-electron chi connectivity index (χ2n) is 15.7. The minimum absolute atomic E-state index is 0.678. The summed E-state index contributed by atoms with van der Waals surface area (Å²) >= 11 is 0. The number of rotatable bonds is 5. The van der Waals surface area contributed by atoms with Crippen LogP contribution in [0.1, 0.15) is 0 Å². The van der Waals surface area contributed by atoms with Crippen molar-refractivity contribution in [2.45, 2.75) is 0 Å². The van der Waals surface area contributed by atoms with E-state index in [9.17, 15) is 0 Å². The number of furan rings is 1. The third-order valence-corrected chi connectivity index (χ3v) is 12.3. The summed E-state index contributed by atoms with van der Waals surface area (Å²) in [6.45, 7) is 0. The lowest BCUT2D eigenvalue weighted by Crippen LogP contribution is -2.00. The van der Waals surface area contributed by atoms with Gasteiger partial charge in [0, 0.05) is 54.8 Å². The third kappa shape index (κ3) is 5.08. The summed E-state index contributed by atoms with van der Waals surface area (Å²) in [5, 5.41) is 7.82. The lowest BCUT2D eigenvalue weighted by molar-refractivity contribution is 0.673. The van der Waals surface area contributed by atoms with Crippen molar-refractivity contribution in [1.29, 1.82) is 0 Å². The normalized spacial score (nSPS) is 11.9. The van der Waals surface area contributed by atoms with E-state index in [1.54, 1.807) is 0 Å². The zero-order valence-electron chi connectivity index (χ0n) is 32.8. The topological polar surface area (TPSA) is 48.8 Å². The molecule has 5 heteroatoms. The number of benzene rings is 9. The van der Waals surface area contributed by atoms with Crippen LogP contribution in [-0.4, -0.2) is 19.1 Å². The Morgan fingerprint density at radius 3 is 1.82 bits per heavy atom. The van der Waals surface area contributed by atoms with Gasteiger partial charge in [0.15, 0.2) is 5.82 Å². The molecule has 5 nitrogen and oxygen atoms in total. The zero-order chi connectivity index (χ0) is 40.0. The molecule has 61 heavy (non-hydrogen) atoms. The van der Waals surface area contributed by atoms with Crippen LogP contribution in [0.2, 0.25) is 0 Å². The molecule has 0 fully saturated rings.